The zero-order chi connectivity index (χ0) is 14.7. The second-order valence-corrected chi connectivity index (χ2v) is 5.92. The first-order valence-electron chi connectivity index (χ1n) is 6.32. The molecule has 20 heavy (non-hydrogen) atoms. The Morgan fingerprint density at radius 1 is 1.20 bits per heavy atom. The molecular formula is C14H14F3NO2. The van der Waals surface area contributed by atoms with Crippen molar-refractivity contribution in [3.63, 3.8) is 0 Å². The van der Waals surface area contributed by atoms with E-state index in [2.05, 4.69) is 4.74 Å². The van der Waals surface area contributed by atoms with Crippen LogP contribution in [0.15, 0.2) is 12.1 Å². The lowest BCUT2D eigenvalue weighted by Gasteiger charge is -2.72. The number of halogens is 3. The highest BCUT2D eigenvalue weighted by atomic mass is 19.2. The summed E-state index contributed by atoms with van der Waals surface area (Å²) in [5, 5.41) is 0. The molecule has 3 aliphatic rings. The number of nitrogens with two attached hydrogens (primary N) is 1. The molecule has 0 saturated heterocycles. The standard InChI is InChI=1S/C14H14F3NO2/c1-20-12(19)11(18)14-4-13(5-14,6-14)7-2-9(16)10(17)3-8(7)15/h2-3,11H,4-6,18H2,1H3. The first-order chi connectivity index (χ1) is 9.33. The van der Waals surface area contributed by atoms with Gasteiger partial charge in [0.1, 0.15) is 11.9 Å². The summed E-state index contributed by atoms with van der Waals surface area (Å²) in [6.45, 7) is 0. The topological polar surface area (TPSA) is 52.3 Å². The molecule has 2 N–H and O–H groups in total. The van der Waals surface area contributed by atoms with Crippen LogP contribution in [0.25, 0.3) is 0 Å². The van der Waals surface area contributed by atoms with Crippen LogP contribution in [-0.4, -0.2) is 19.1 Å². The monoisotopic (exact) mass is 285 g/mol. The van der Waals surface area contributed by atoms with Gasteiger partial charge in [0.2, 0.25) is 0 Å². The Morgan fingerprint density at radius 2 is 1.75 bits per heavy atom. The molecule has 1 aromatic carbocycles. The first kappa shape index (κ1) is 13.4. The number of methoxy groups -OCH3 is 1. The van der Waals surface area contributed by atoms with E-state index in [4.69, 9.17) is 5.73 Å². The van der Waals surface area contributed by atoms with E-state index < -0.39 is 34.9 Å². The molecule has 1 aromatic rings. The van der Waals surface area contributed by atoms with E-state index >= 15 is 0 Å². The van der Waals surface area contributed by atoms with Gasteiger partial charge in [0.15, 0.2) is 11.6 Å². The fourth-order valence-corrected chi connectivity index (χ4v) is 3.79. The van der Waals surface area contributed by atoms with E-state index in [0.29, 0.717) is 25.3 Å². The van der Waals surface area contributed by atoms with Crippen molar-refractivity contribution in [1.29, 1.82) is 0 Å². The third-order valence-electron chi connectivity index (χ3n) is 4.77. The van der Waals surface area contributed by atoms with Crippen molar-refractivity contribution in [1.82, 2.24) is 0 Å². The molecule has 3 aliphatic carbocycles. The van der Waals surface area contributed by atoms with Gasteiger partial charge in [-0.25, -0.2) is 13.2 Å². The van der Waals surface area contributed by atoms with Crippen LogP contribution in [0.5, 0.6) is 0 Å². The van der Waals surface area contributed by atoms with Gasteiger partial charge in [-0.3, -0.25) is 4.79 Å². The summed E-state index contributed by atoms with van der Waals surface area (Å²) in [4.78, 5) is 11.5. The minimum Gasteiger partial charge on any atom is -0.468 e. The van der Waals surface area contributed by atoms with E-state index in [1.54, 1.807) is 0 Å². The Labute approximate surface area is 113 Å². The molecule has 1 unspecified atom stereocenters. The van der Waals surface area contributed by atoms with Crippen molar-refractivity contribution in [3.05, 3.63) is 35.1 Å². The van der Waals surface area contributed by atoms with Gasteiger partial charge in [0, 0.05) is 11.5 Å². The smallest absolute Gasteiger partial charge is 0.323 e. The van der Waals surface area contributed by atoms with Crippen molar-refractivity contribution >= 4 is 5.97 Å². The largest absolute Gasteiger partial charge is 0.468 e. The number of rotatable bonds is 3. The van der Waals surface area contributed by atoms with Crippen LogP contribution in [0.3, 0.4) is 0 Å². The van der Waals surface area contributed by atoms with Crippen molar-refractivity contribution in [2.24, 2.45) is 11.1 Å². The maximum Gasteiger partial charge on any atom is 0.323 e. The lowest BCUT2D eigenvalue weighted by atomic mass is 9.31. The fraction of sp³-hybridized carbons (Fsp3) is 0.500. The average Bonchev–Trinajstić information content (AvgIpc) is 2.31. The molecule has 4 rings (SSSR count). The lowest BCUT2D eigenvalue weighted by Crippen LogP contribution is -2.72. The average molecular weight is 285 g/mol. The van der Waals surface area contributed by atoms with E-state index in [0.717, 1.165) is 6.07 Å². The Balaban J connectivity index is 1.82. The van der Waals surface area contributed by atoms with Crippen molar-refractivity contribution < 1.29 is 22.7 Å². The summed E-state index contributed by atoms with van der Waals surface area (Å²) in [7, 11) is 1.26. The third-order valence-corrected chi connectivity index (χ3v) is 4.77. The van der Waals surface area contributed by atoms with Gasteiger partial charge >= 0.3 is 5.97 Å². The predicted octanol–water partition coefficient (Wildman–Crippen LogP) is 2.03. The molecular weight excluding hydrogens is 271 g/mol. The van der Waals surface area contributed by atoms with Gasteiger partial charge < -0.3 is 10.5 Å². The highest BCUT2D eigenvalue weighted by molar-refractivity contribution is 5.77. The van der Waals surface area contributed by atoms with Crippen LogP contribution in [0.1, 0.15) is 24.8 Å². The number of esters is 1. The highest BCUT2D eigenvalue weighted by Crippen LogP contribution is 2.75. The number of carbonyl (C=O) groups excluding carboxylic acids is 1. The molecule has 0 aliphatic heterocycles. The van der Waals surface area contributed by atoms with Gasteiger partial charge in [0.05, 0.1) is 7.11 Å². The van der Waals surface area contributed by atoms with Crippen LogP contribution in [0.4, 0.5) is 13.2 Å². The van der Waals surface area contributed by atoms with Crippen LogP contribution in [0, 0.1) is 22.9 Å². The van der Waals surface area contributed by atoms with E-state index in [1.165, 1.54) is 7.11 Å². The molecule has 3 saturated carbocycles. The molecule has 0 heterocycles. The van der Waals surface area contributed by atoms with Gasteiger partial charge in [-0.2, -0.15) is 0 Å². The van der Waals surface area contributed by atoms with E-state index in [-0.39, 0.29) is 11.0 Å². The Bertz CT molecular complexity index is 583. The zero-order valence-corrected chi connectivity index (χ0v) is 10.9. The summed E-state index contributed by atoms with van der Waals surface area (Å²) in [6.07, 6.45) is 1.49. The quantitative estimate of drug-likeness (QED) is 0.683. The number of hydrogen-bond acceptors (Lipinski definition) is 3. The molecule has 0 radical (unpaired) electrons. The number of hydrogen-bond donors (Lipinski definition) is 1. The summed E-state index contributed by atoms with van der Waals surface area (Å²) in [6, 6.07) is 0.734. The fourth-order valence-electron chi connectivity index (χ4n) is 3.79. The lowest BCUT2D eigenvalue weighted by molar-refractivity contribution is -0.181. The third kappa shape index (κ3) is 1.54. The van der Waals surface area contributed by atoms with Crippen LogP contribution < -0.4 is 5.73 Å². The first-order valence-corrected chi connectivity index (χ1v) is 6.32. The molecule has 1 atom stereocenters. The summed E-state index contributed by atoms with van der Waals surface area (Å²) < 4.78 is 44.6. The predicted molar refractivity (Wildman–Crippen MR) is 64.3 cm³/mol. The van der Waals surface area contributed by atoms with Crippen LogP contribution in [-0.2, 0) is 14.9 Å². The molecule has 108 valence electrons. The Morgan fingerprint density at radius 3 is 2.30 bits per heavy atom. The molecule has 6 heteroatoms. The SMILES string of the molecule is COC(=O)C(N)C12CC(c3cc(F)c(F)cc3F)(C1)C2. The maximum atomic E-state index is 13.8. The minimum absolute atomic E-state index is 0.176. The maximum absolute atomic E-state index is 13.8. The number of ether oxygens (including phenoxy) is 1. The highest BCUT2D eigenvalue weighted by Gasteiger charge is 2.72. The summed E-state index contributed by atoms with van der Waals surface area (Å²) in [5.41, 5.74) is 5.11. The molecule has 3 fully saturated rings. The van der Waals surface area contributed by atoms with Gasteiger partial charge in [0.25, 0.3) is 0 Å². The normalized spacial score (nSPS) is 32.0. The van der Waals surface area contributed by atoms with Crippen LogP contribution >= 0.6 is 0 Å². The second kappa shape index (κ2) is 3.97. The molecule has 0 spiro atoms. The molecule has 2 bridgehead atoms. The Kier molecular flexibility index (Phi) is 2.67. The minimum atomic E-state index is -1.20. The summed E-state index contributed by atoms with van der Waals surface area (Å²) in [5.74, 6) is -3.50. The van der Waals surface area contributed by atoms with Gasteiger partial charge in [-0.05, 0) is 36.3 Å². The molecule has 0 aromatic heterocycles. The molecule has 0 amide bonds. The number of carbonyl (C=O) groups is 1. The zero-order valence-electron chi connectivity index (χ0n) is 10.9. The Hall–Kier alpha value is -1.56. The van der Waals surface area contributed by atoms with Crippen molar-refractivity contribution in [2.45, 2.75) is 30.7 Å². The van der Waals surface area contributed by atoms with Crippen molar-refractivity contribution in [3.8, 4) is 0 Å². The number of benzene rings is 1. The molecule has 3 nitrogen and oxygen atoms in total. The van der Waals surface area contributed by atoms with E-state index in [9.17, 15) is 18.0 Å². The van der Waals surface area contributed by atoms with Gasteiger partial charge in [-0.1, -0.05) is 0 Å². The van der Waals surface area contributed by atoms with E-state index in [1.807, 2.05) is 0 Å². The van der Waals surface area contributed by atoms with Crippen molar-refractivity contribution in [2.75, 3.05) is 7.11 Å². The van der Waals surface area contributed by atoms with Gasteiger partial charge in [-0.15, -0.1) is 0 Å². The van der Waals surface area contributed by atoms with Crippen LogP contribution in [0.2, 0.25) is 0 Å². The summed E-state index contributed by atoms with van der Waals surface area (Å²) >= 11 is 0. The second-order valence-electron chi connectivity index (χ2n) is 5.92.